The number of likely N-dealkylation sites (tertiary alicyclic amines) is 1. The first kappa shape index (κ1) is 19.0. The lowest BCUT2D eigenvalue weighted by Gasteiger charge is -2.31. The maximum absolute atomic E-state index is 12.9. The molecule has 2 heterocycles. The summed E-state index contributed by atoms with van der Waals surface area (Å²) in [5.41, 5.74) is 0. The molecule has 1 fully saturated rings. The maximum atomic E-state index is 12.9. The van der Waals surface area contributed by atoms with Gasteiger partial charge in [0, 0.05) is 19.2 Å². The molecule has 0 saturated carbocycles. The van der Waals surface area contributed by atoms with Gasteiger partial charge in [-0.15, -0.1) is 0 Å². The molecule has 1 aromatic carbocycles. The van der Waals surface area contributed by atoms with Gasteiger partial charge in [0.2, 0.25) is 22.7 Å². The Hall–Kier alpha value is -1.80. The van der Waals surface area contributed by atoms with Gasteiger partial charge in [0.25, 0.3) is 0 Å². The third-order valence-corrected chi connectivity index (χ3v) is 6.09. The molecule has 0 unspecified atom stereocenters. The first-order valence-electron chi connectivity index (χ1n) is 9.07. The Morgan fingerprint density at radius 1 is 1.15 bits per heavy atom. The van der Waals surface area contributed by atoms with E-state index in [1.54, 1.807) is 11.0 Å². The Balaban J connectivity index is 1.79. The molecule has 0 bridgehead atoms. The van der Waals surface area contributed by atoms with E-state index in [0.717, 1.165) is 19.3 Å². The van der Waals surface area contributed by atoms with Crippen LogP contribution in [0.15, 0.2) is 23.1 Å². The number of sulfonamides is 1. The second-order valence-electron chi connectivity index (χ2n) is 7.20. The second-order valence-corrected chi connectivity index (χ2v) is 8.92. The van der Waals surface area contributed by atoms with Crippen molar-refractivity contribution in [1.82, 2.24) is 9.62 Å². The van der Waals surface area contributed by atoms with E-state index >= 15 is 0 Å². The van der Waals surface area contributed by atoms with E-state index in [0.29, 0.717) is 31.0 Å². The number of carbonyl (C=O) groups excluding carboxylic acids is 1. The van der Waals surface area contributed by atoms with E-state index in [4.69, 9.17) is 9.47 Å². The highest BCUT2D eigenvalue weighted by atomic mass is 32.2. The molecule has 2 aliphatic heterocycles. The minimum Gasteiger partial charge on any atom is -0.454 e. The molecule has 1 atom stereocenters. The number of hydrogen-bond donors (Lipinski definition) is 1. The fourth-order valence-electron chi connectivity index (χ4n) is 3.30. The average Bonchev–Trinajstić information content (AvgIpc) is 3.08. The molecule has 2 aliphatic rings. The zero-order valence-corrected chi connectivity index (χ0v) is 16.0. The van der Waals surface area contributed by atoms with Crippen molar-refractivity contribution in [3.63, 3.8) is 0 Å². The highest BCUT2D eigenvalue weighted by molar-refractivity contribution is 7.89. The topological polar surface area (TPSA) is 84.9 Å². The van der Waals surface area contributed by atoms with Crippen LogP contribution in [0.4, 0.5) is 0 Å². The van der Waals surface area contributed by atoms with Gasteiger partial charge < -0.3 is 14.4 Å². The summed E-state index contributed by atoms with van der Waals surface area (Å²) in [6.45, 7) is 5.42. The van der Waals surface area contributed by atoms with Crippen LogP contribution in [0, 0.1) is 5.92 Å². The predicted molar refractivity (Wildman–Crippen MR) is 96.6 cm³/mol. The zero-order chi connectivity index (χ0) is 18.7. The molecule has 1 N–H and O–H groups in total. The lowest BCUT2D eigenvalue weighted by molar-refractivity contribution is -0.134. The number of ether oxygens (including phenoxy) is 2. The summed E-state index contributed by atoms with van der Waals surface area (Å²) >= 11 is 0. The molecule has 0 spiro atoms. The summed E-state index contributed by atoms with van der Waals surface area (Å²) in [5, 5.41) is 0. The van der Waals surface area contributed by atoms with Crippen molar-refractivity contribution in [2.45, 2.75) is 50.5 Å². The van der Waals surface area contributed by atoms with Gasteiger partial charge >= 0.3 is 0 Å². The minimum absolute atomic E-state index is 0.0713. The Morgan fingerprint density at radius 3 is 2.54 bits per heavy atom. The molecule has 1 aromatic rings. The summed E-state index contributed by atoms with van der Waals surface area (Å²) in [5.74, 6) is 0.971. The number of nitrogens with one attached hydrogen (secondary N) is 1. The van der Waals surface area contributed by atoms with Crippen molar-refractivity contribution in [2.24, 2.45) is 5.92 Å². The lowest BCUT2D eigenvalue weighted by atomic mass is 10.0. The Bertz CT molecular complexity index is 757. The standard InChI is InChI=1S/C18H26N2O5S/c1-13(2)10-15(18(21)20-8-4-3-5-9-20)19-26(22,23)14-6-7-16-17(11-14)25-12-24-16/h6-7,11,13,15,19H,3-5,8-10,12H2,1-2H3/t15-/m0/s1. The fourth-order valence-corrected chi connectivity index (χ4v) is 4.52. The van der Waals surface area contributed by atoms with Crippen LogP contribution in [0.2, 0.25) is 0 Å². The molecule has 8 heteroatoms. The number of piperidine rings is 1. The molecule has 1 saturated heterocycles. The van der Waals surface area contributed by atoms with E-state index in [1.165, 1.54) is 12.1 Å². The van der Waals surface area contributed by atoms with E-state index < -0.39 is 16.1 Å². The minimum atomic E-state index is -3.84. The molecular weight excluding hydrogens is 356 g/mol. The van der Waals surface area contributed by atoms with Crippen LogP contribution in [-0.2, 0) is 14.8 Å². The van der Waals surface area contributed by atoms with Gasteiger partial charge in [-0.05, 0) is 43.7 Å². The monoisotopic (exact) mass is 382 g/mol. The Morgan fingerprint density at radius 2 is 1.85 bits per heavy atom. The van der Waals surface area contributed by atoms with E-state index in [-0.39, 0.29) is 23.5 Å². The summed E-state index contributed by atoms with van der Waals surface area (Å²) in [7, 11) is -3.84. The third kappa shape index (κ3) is 4.29. The van der Waals surface area contributed by atoms with Gasteiger partial charge in [-0.3, -0.25) is 4.79 Å². The largest absolute Gasteiger partial charge is 0.454 e. The summed E-state index contributed by atoms with van der Waals surface area (Å²) < 4.78 is 38.8. The van der Waals surface area contributed by atoms with Gasteiger partial charge in [0.15, 0.2) is 11.5 Å². The summed E-state index contributed by atoms with van der Waals surface area (Å²) in [6.07, 6.45) is 3.50. The second kappa shape index (κ2) is 7.84. The van der Waals surface area contributed by atoms with Gasteiger partial charge in [0.1, 0.15) is 6.04 Å². The molecule has 7 nitrogen and oxygen atoms in total. The molecular formula is C18H26N2O5S. The van der Waals surface area contributed by atoms with Gasteiger partial charge in [-0.2, -0.15) is 4.72 Å². The van der Waals surface area contributed by atoms with Crippen molar-refractivity contribution < 1.29 is 22.7 Å². The van der Waals surface area contributed by atoms with Crippen molar-refractivity contribution >= 4 is 15.9 Å². The molecule has 1 amide bonds. The van der Waals surface area contributed by atoms with Crippen LogP contribution in [0.3, 0.4) is 0 Å². The number of carbonyl (C=O) groups is 1. The first-order chi connectivity index (χ1) is 12.4. The van der Waals surface area contributed by atoms with E-state index in [9.17, 15) is 13.2 Å². The first-order valence-corrected chi connectivity index (χ1v) is 10.6. The van der Waals surface area contributed by atoms with Crippen molar-refractivity contribution in [2.75, 3.05) is 19.9 Å². The van der Waals surface area contributed by atoms with E-state index in [2.05, 4.69) is 4.72 Å². The van der Waals surface area contributed by atoms with Crippen LogP contribution in [0.5, 0.6) is 11.5 Å². The van der Waals surface area contributed by atoms with Gasteiger partial charge in [-0.25, -0.2) is 8.42 Å². The number of nitrogens with zero attached hydrogens (tertiary/aromatic N) is 1. The molecule has 0 aromatic heterocycles. The number of amides is 1. The fraction of sp³-hybridized carbons (Fsp3) is 0.611. The maximum Gasteiger partial charge on any atom is 0.241 e. The predicted octanol–water partition coefficient (Wildman–Crippen LogP) is 2.12. The Kier molecular flexibility index (Phi) is 5.72. The number of fused-ring (bicyclic) bond motifs is 1. The van der Waals surface area contributed by atoms with Crippen molar-refractivity contribution in [3.8, 4) is 11.5 Å². The normalized spacial score (nSPS) is 18.2. The quantitative estimate of drug-likeness (QED) is 0.815. The highest BCUT2D eigenvalue weighted by Gasteiger charge is 2.31. The Labute approximate surface area is 154 Å². The molecule has 144 valence electrons. The molecule has 0 aliphatic carbocycles. The lowest BCUT2D eigenvalue weighted by Crippen LogP contribution is -2.50. The number of rotatable bonds is 6. The van der Waals surface area contributed by atoms with Crippen LogP contribution in [0.1, 0.15) is 39.5 Å². The van der Waals surface area contributed by atoms with Crippen LogP contribution in [-0.4, -0.2) is 45.1 Å². The number of benzene rings is 1. The van der Waals surface area contributed by atoms with Crippen LogP contribution in [0.25, 0.3) is 0 Å². The smallest absolute Gasteiger partial charge is 0.241 e. The van der Waals surface area contributed by atoms with Crippen LogP contribution >= 0.6 is 0 Å². The molecule has 26 heavy (non-hydrogen) atoms. The van der Waals surface area contributed by atoms with Crippen molar-refractivity contribution in [3.05, 3.63) is 18.2 Å². The third-order valence-electron chi connectivity index (χ3n) is 4.62. The summed E-state index contributed by atoms with van der Waals surface area (Å²) in [4.78, 5) is 14.7. The van der Waals surface area contributed by atoms with E-state index in [1.807, 2.05) is 13.8 Å². The summed E-state index contributed by atoms with van der Waals surface area (Å²) in [6, 6.07) is 3.71. The SMILES string of the molecule is CC(C)C[C@H](NS(=O)(=O)c1ccc2c(c1)OCO2)C(=O)N1CCCCC1. The highest BCUT2D eigenvalue weighted by Crippen LogP contribution is 2.34. The average molecular weight is 382 g/mol. The van der Waals surface area contributed by atoms with Gasteiger partial charge in [-0.1, -0.05) is 13.8 Å². The molecule has 3 rings (SSSR count). The zero-order valence-electron chi connectivity index (χ0n) is 15.2. The van der Waals surface area contributed by atoms with Crippen molar-refractivity contribution in [1.29, 1.82) is 0 Å². The molecule has 0 radical (unpaired) electrons. The number of hydrogen-bond acceptors (Lipinski definition) is 5. The van der Waals surface area contributed by atoms with Gasteiger partial charge in [0.05, 0.1) is 4.90 Å². The van der Waals surface area contributed by atoms with Crippen LogP contribution < -0.4 is 14.2 Å².